The van der Waals surface area contributed by atoms with Crippen molar-refractivity contribution >= 4 is 23.9 Å². The number of nitrogens with one attached hydrogen (secondary N) is 3. The number of ether oxygens (including phenoxy) is 2. The van der Waals surface area contributed by atoms with Crippen LogP contribution in [0.5, 0.6) is 0 Å². The quantitative estimate of drug-likeness (QED) is 0.205. The van der Waals surface area contributed by atoms with E-state index in [0.29, 0.717) is 19.3 Å². The minimum atomic E-state index is -0.937. The predicted molar refractivity (Wildman–Crippen MR) is 176 cm³/mol. The van der Waals surface area contributed by atoms with Crippen LogP contribution in [0, 0.1) is 5.92 Å². The molecule has 4 N–H and O–H groups in total. The van der Waals surface area contributed by atoms with E-state index in [9.17, 15) is 24.3 Å². The van der Waals surface area contributed by atoms with Crippen molar-refractivity contribution in [3.05, 3.63) is 108 Å². The van der Waals surface area contributed by atoms with Crippen molar-refractivity contribution in [2.45, 2.75) is 50.1 Å². The van der Waals surface area contributed by atoms with Crippen molar-refractivity contribution in [1.29, 1.82) is 0 Å². The number of hydrogen-bond acceptors (Lipinski definition) is 7. The zero-order valence-electron chi connectivity index (χ0n) is 26.2. The second-order valence-electron chi connectivity index (χ2n) is 11.8. The summed E-state index contributed by atoms with van der Waals surface area (Å²) in [7, 11) is 0. The number of hydrogen-bond donors (Lipinski definition) is 4. The Morgan fingerprint density at radius 1 is 0.936 bits per heavy atom. The van der Waals surface area contributed by atoms with Crippen molar-refractivity contribution in [2.24, 2.45) is 5.92 Å². The summed E-state index contributed by atoms with van der Waals surface area (Å²) in [5, 5.41) is 18.0. The number of benzene rings is 3. The maximum atomic E-state index is 12.9. The molecule has 5 rings (SSSR count). The fraction of sp³-hybridized carbons (Fsp3) is 0.351. The first-order valence-corrected chi connectivity index (χ1v) is 16.1. The SMILES string of the molecule is O=C(C[C@H]1CC=CCC[C@H](NC(=O)OCC2c3ccccc3-c3ccccc32)C(=O)OCCNC1=O)N[C@@H](CO)Cc1ccccc1. The average Bonchev–Trinajstić information content (AvgIpc) is 3.41. The predicted octanol–water partition coefficient (Wildman–Crippen LogP) is 4.02. The van der Waals surface area contributed by atoms with Crippen LogP contribution in [0.3, 0.4) is 0 Å². The maximum absolute atomic E-state index is 12.9. The summed E-state index contributed by atoms with van der Waals surface area (Å²) in [6.07, 6.45) is 4.32. The Morgan fingerprint density at radius 3 is 2.32 bits per heavy atom. The van der Waals surface area contributed by atoms with Crippen molar-refractivity contribution < 1.29 is 33.8 Å². The second-order valence-corrected chi connectivity index (χ2v) is 11.8. The fourth-order valence-corrected chi connectivity index (χ4v) is 6.10. The molecule has 10 heteroatoms. The number of carbonyl (C=O) groups excluding carboxylic acids is 4. The molecule has 3 atom stereocenters. The van der Waals surface area contributed by atoms with E-state index >= 15 is 0 Å². The fourth-order valence-electron chi connectivity index (χ4n) is 6.10. The number of alkyl carbamates (subject to hydrolysis) is 1. The highest BCUT2D eigenvalue weighted by Crippen LogP contribution is 2.44. The standard InChI is InChI=1S/C37H41N3O7/c41-23-27(21-25-11-3-1-4-12-25)39-34(42)22-26-13-5-2-6-18-33(36(44)46-20-19-38-35(26)43)40-37(45)47-24-32-30-16-9-7-14-28(30)29-15-8-10-17-31(29)32/h1-5,7-12,14-17,26-27,32-33,41H,6,13,18-24H2,(H,38,43)(H,39,42)(H,40,45)/t26-,27-,33+/m1/s1. The molecule has 246 valence electrons. The van der Waals surface area contributed by atoms with Crippen molar-refractivity contribution in [1.82, 2.24) is 16.0 Å². The first-order chi connectivity index (χ1) is 22.9. The number of cyclic esters (lactones) is 1. The number of rotatable bonds is 9. The van der Waals surface area contributed by atoms with Gasteiger partial charge in [-0.05, 0) is 53.5 Å². The van der Waals surface area contributed by atoms with Crippen LogP contribution < -0.4 is 16.0 Å². The number of fused-ring (bicyclic) bond motifs is 3. The topological polar surface area (TPSA) is 143 Å². The van der Waals surface area contributed by atoms with Crippen LogP contribution >= 0.6 is 0 Å². The van der Waals surface area contributed by atoms with Gasteiger partial charge in [0.15, 0.2) is 0 Å². The third-order valence-corrected chi connectivity index (χ3v) is 8.49. The van der Waals surface area contributed by atoms with Gasteiger partial charge in [0.1, 0.15) is 19.3 Å². The molecular weight excluding hydrogens is 598 g/mol. The van der Waals surface area contributed by atoms with E-state index in [1.165, 1.54) is 0 Å². The van der Waals surface area contributed by atoms with Gasteiger partial charge in [-0.3, -0.25) is 9.59 Å². The minimum Gasteiger partial charge on any atom is -0.462 e. The summed E-state index contributed by atoms with van der Waals surface area (Å²) < 4.78 is 11.0. The van der Waals surface area contributed by atoms with Gasteiger partial charge in [0.2, 0.25) is 11.8 Å². The Hall–Kier alpha value is -4.96. The number of aliphatic hydroxyl groups excluding tert-OH is 1. The van der Waals surface area contributed by atoms with Crippen molar-refractivity contribution in [3.8, 4) is 11.1 Å². The van der Waals surface area contributed by atoms with Crippen LogP contribution in [-0.2, 0) is 30.3 Å². The summed E-state index contributed by atoms with van der Waals surface area (Å²) >= 11 is 0. The summed E-state index contributed by atoms with van der Waals surface area (Å²) in [6.45, 7) is -0.150. The maximum Gasteiger partial charge on any atom is 0.407 e. The van der Waals surface area contributed by atoms with Gasteiger partial charge < -0.3 is 30.5 Å². The molecule has 0 spiro atoms. The Balaban J connectivity index is 1.13. The van der Waals surface area contributed by atoms with Crippen molar-refractivity contribution in [2.75, 3.05) is 26.4 Å². The molecule has 0 saturated carbocycles. The van der Waals surface area contributed by atoms with Crippen LogP contribution in [-0.4, -0.2) is 67.4 Å². The first-order valence-electron chi connectivity index (χ1n) is 16.1. The lowest BCUT2D eigenvalue weighted by atomic mass is 9.98. The monoisotopic (exact) mass is 639 g/mol. The molecule has 3 amide bonds. The Labute approximate surface area is 274 Å². The summed E-state index contributed by atoms with van der Waals surface area (Å²) in [4.78, 5) is 51.6. The molecule has 0 bridgehead atoms. The van der Waals surface area contributed by atoms with Gasteiger partial charge in [-0.2, -0.15) is 0 Å². The van der Waals surface area contributed by atoms with Gasteiger partial charge in [0.25, 0.3) is 0 Å². The molecule has 0 radical (unpaired) electrons. The first kappa shape index (κ1) is 33.4. The van der Waals surface area contributed by atoms with E-state index < -0.39 is 30.1 Å². The van der Waals surface area contributed by atoms with Crippen molar-refractivity contribution in [3.63, 3.8) is 0 Å². The lowest BCUT2D eigenvalue weighted by Gasteiger charge is -2.20. The third kappa shape index (κ3) is 9.07. The molecular formula is C37H41N3O7. The highest BCUT2D eigenvalue weighted by molar-refractivity contribution is 5.86. The molecule has 1 aliphatic heterocycles. The lowest BCUT2D eigenvalue weighted by Crippen LogP contribution is -2.43. The van der Waals surface area contributed by atoms with Gasteiger partial charge in [0, 0.05) is 12.3 Å². The Bertz CT molecular complexity index is 1530. The number of carbonyl (C=O) groups is 4. The minimum absolute atomic E-state index is 0.0529. The van der Waals surface area contributed by atoms with E-state index in [0.717, 1.165) is 27.8 Å². The number of allylic oxidation sites excluding steroid dienone is 2. The largest absolute Gasteiger partial charge is 0.462 e. The zero-order chi connectivity index (χ0) is 33.0. The van der Waals surface area contributed by atoms with Crippen LogP contribution in [0.4, 0.5) is 4.79 Å². The molecule has 0 aromatic heterocycles. The summed E-state index contributed by atoms with van der Waals surface area (Å²) in [5.41, 5.74) is 5.40. The van der Waals surface area contributed by atoms with Gasteiger partial charge in [-0.15, -0.1) is 0 Å². The van der Waals surface area contributed by atoms with E-state index in [-0.39, 0.29) is 56.9 Å². The second kappa shape index (κ2) is 16.6. The van der Waals surface area contributed by atoms with E-state index in [1.807, 2.05) is 72.8 Å². The number of aliphatic hydroxyl groups is 1. The normalized spacial score (nSPS) is 19.0. The van der Waals surface area contributed by atoms with Gasteiger partial charge in [0.05, 0.1) is 25.1 Å². The van der Waals surface area contributed by atoms with E-state index in [1.54, 1.807) is 6.08 Å². The van der Waals surface area contributed by atoms with Crippen LogP contribution in [0.1, 0.15) is 48.3 Å². The van der Waals surface area contributed by atoms with Gasteiger partial charge in [-0.25, -0.2) is 9.59 Å². The smallest absolute Gasteiger partial charge is 0.407 e. The Kier molecular flexibility index (Phi) is 11.8. The van der Waals surface area contributed by atoms with E-state index in [2.05, 4.69) is 28.1 Å². The number of esters is 1. The molecule has 3 aromatic rings. The van der Waals surface area contributed by atoms with Crippen LogP contribution in [0.15, 0.2) is 91.0 Å². The molecule has 1 aliphatic carbocycles. The lowest BCUT2D eigenvalue weighted by molar-refractivity contribution is -0.146. The van der Waals surface area contributed by atoms with Crippen LogP contribution in [0.2, 0.25) is 0 Å². The zero-order valence-corrected chi connectivity index (χ0v) is 26.2. The molecule has 0 saturated heterocycles. The van der Waals surface area contributed by atoms with Gasteiger partial charge in [-0.1, -0.05) is 91.0 Å². The molecule has 0 fully saturated rings. The number of amides is 3. The molecule has 2 aliphatic rings. The molecule has 3 aromatic carbocycles. The summed E-state index contributed by atoms with van der Waals surface area (Å²) in [5.74, 6) is -2.05. The molecule has 47 heavy (non-hydrogen) atoms. The Morgan fingerprint density at radius 2 is 1.62 bits per heavy atom. The summed E-state index contributed by atoms with van der Waals surface area (Å²) in [6, 6.07) is 24.2. The van der Waals surface area contributed by atoms with Crippen LogP contribution in [0.25, 0.3) is 11.1 Å². The highest BCUT2D eigenvalue weighted by atomic mass is 16.6. The van der Waals surface area contributed by atoms with E-state index in [4.69, 9.17) is 9.47 Å². The molecule has 0 unspecified atom stereocenters. The third-order valence-electron chi connectivity index (χ3n) is 8.49. The molecule has 10 nitrogen and oxygen atoms in total. The average molecular weight is 640 g/mol. The highest BCUT2D eigenvalue weighted by Gasteiger charge is 2.30. The van der Waals surface area contributed by atoms with Gasteiger partial charge >= 0.3 is 12.1 Å². The molecule has 1 heterocycles.